The number of hydrogen-bond donors (Lipinski definition) is 0. The highest BCUT2D eigenvalue weighted by atomic mass is 14.1. The number of benzene rings is 2. The predicted octanol–water partition coefficient (Wildman–Crippen LogP) is 5.09. The molecule has 2 rings (SSSR count). The highest BCUT2D eigenvalue weighted by Gasteiger charge is 2.04. The Balaban J connectivity index is 2.39. The van der Waals surface area contributed by atoms with E-state index in [2.05, 4.69) is 70.2 Å². The third-order valence-electron chi connectivity index (χ3n) is 3.78. The van der Waals surface area contributed by atoms with Crippen LogP contribution in [0.25, 0.3) is 12.2 Å². The monoisotopic (exact) mass is 236 g/mol. The van der Waals surface area contributed by atoms with Crippen LogP contribution in [0.1, 0.15) is 33.4 Å². The molecular formula is C18H20. The van der Waals surface area contributed by atoms with E-state index in [1.165, 1.54) is 33.4 Å². The Labute approximate surface area is 110 Å². The van der Waals surface area contributed by atoms with Gasteiger partial charge in [0.15, 0.2) is 0 Å². The minimum atomic E-state index is 1.24. The van der Waals surface area contributed by atoms with Gasteiger partial charge in [0.05, 0.1) is 0 Å². The van der Waals surface area contributed by atoms with E-state index in [0.29, 0.717) is 0 Å². The first-order chi connectivity index (χ1) is 8.59. The van der Waals surface area contributed by atoms with Gasteiger partial charge in [-0.15, -0.1) is 0 Å². The quantitative estimate of drug-likeness (QED) is 0.637. The zero-order valence-electron chi connectivity index (χ0n) is 11.6. The van der Waals surface area contributed by atoms with E-state index in [4.69, 9.17) is 0 Å². The van der Waals surface area contributed by atoms with Gasteiger partial charge in [-0.25, -0.2) is 0 Å². The van der Waals surface area contributed by atoms with Crippen LogP contribution in [0.5, 0.6) is 0 Å². The second-order valence-corrected chi connectivity index (χ2v) is 4.90. The van der Waals surface area contributed by atoms with Crippen molar-refractivity contribution >= 4 is 12.2 Å². The van der Waals surface area contributed by atoms with Gasteiger partial charge in [-0.2, -0.15) is 0 Å². The molecule has 2 aromatic rings. The maximum atomic E-state index is 2.27. The van der Waals surface area contributed by atoms with E-state index < -0.39 is 0 Å². The third-order valence-corrected chi connectivity index (χ3v) is 3.78. The topological polar surface area (TPSA) is 0 Å². The fraction of sp³-hybridized carbons (Fsp3) is 0.222. The van der Waals surface area contributed by atoms with Crippen molar-refractivity contribution < 1.29 is 0 Å². The highest BCUT2D eigenvalue weighted by Crippen LogP contribution is 2.22. The van der Waals surface area contributed by atoms with Crippen molar-refractivity contribution in [2.75, 3.05) is 0 Å². The molecule has 0 fully saturated rings. The molecule has 0 aliphatic carbocycles. The molecule has 0 bridgehead atoms. The van der Waals surface area contributed by atoms with Crippen molar-refractivity contribution in [3.05, 3.63) is 69.8 Å². The van der Waals surface area contributed by atoms with E-state index in [1.807, 2.05) is 6.07 Å². The molecule has 0 nitrogen and oxygen atoms in total. The van der Waals surface area contributed by atoms with E-state index in [-0.39, 0.29) is 0 Å². The molecule has 0 N–H and O–H groups in total. The highest BCUT2D eigenvalue weighted by molar-refractivity contribution is 5.72. The Hall–Kier alpha value is -1.82. The summed E-state index contributed by atoms with van der Waals surface area (Å²) in [5.41, 5.74) is 8.12. The first-order valence-electron chi connectivity index (χ1n) is 6.40. The predicted molar refractivity (Wildman–Crippen MR) is 80.8 cm³/mol. The first-order valence-corrected chi connectivity index (χ1v) is 6.40. The van der Waals surface area contributed by atoms with E-state index in [1.54, 1.807) is 0 Å². The van der Waals surface area contributed by atoms with Gasteiger partial charge in [0, 0.05) is 0 Å². The fourth-order valence-electron chi connectivity index (χ4n) is 2.17. The summed E-state index contributed by atoms with van der Waals surface area (Å²) in [5.74, 6) is 0. The molecule has 0 aliphatic heterocycles. The second-order valence-electron chi connectivity index (χ2n) is 4.90. The van der Waals surface area contributed by atoms with Gasteiger partial charge in [0.2, 0.25) is 0 Å². The minimum Gasteiger partial charge on any atom is -0.0622 e. The maximum absolute atomic E-state index is 2.27. The van der Waals surface area contributed by atoms with Crippen molar-refractivity contribution in [2.45, 2.75) is 27.7 Å². The molecule has 0 atom stereocenters. The van der Waals surface area contributed by atoms with Gasteiger partial charge in [-0.3, -0.25) is 0 Å². The van der Waals surface area contributed by atoms with E-state index in [9.17, 15) is 0 Å². The molecule has 0 aromatic heterocycles. The Morgan fingerprint density at radius 3 is 2.06 bits per heavy atom. The van der Waals surface area contributed by atoms with Crippen LogP contribution in [0.3, 0.4) is 0 Å². The molecule has 0 amide bonds. The summed E-state index contributed by atoms with van der Waals surface area (Å²) in [4.78, 5) is 0. The normalized spacial score (nSPS) is 11.1. The van der Waals surface area contributed by atoms with Crippen molar-refractivity contribution in [3.8, 4) is 0 Å². The van der Waals surface area contributed by atoms with Crippen LogP contribution in [0, 0.1) is 27.7 Å². The minimum absolute atomic E-state index is 1.24. The smallest absolute Gasteiger partial charge is 0.0222 e. The van der Waals surface area contributed by atoms with Crippen LogP contribution in [0.4, 0.5) is 0 Å². The lowest BCUT2D eigenvalue weighted by molar-refractivity contribution is 1.21. The van der Waals surface area contributed by atoms with Crippen LogP contribution in [-0.4, -0.2) is 0 Å². The molecule has 0 unspecified atom stereocenters. The molecule has 0 aliphatic rings. The molecular weight excluding hydrogens is 216 g/mol. The van der Waals surface area contributed by atoms with Gasteiger partial charge < -0.3 is 0 Å². The summed E-state index contributed by atoms with van der Waals surface area (Å²) in [6.07, 6.45) is 4.39. The van der Waals surface area contributed by atoms with Crippen molar-refractivity contribution in [3.63, 3.8) is 0 Å². The summed E-state index contributed by atoms with van der Waals surface area (Å²) in [5, 5.41) is 0. The molecule has 0 heterocycles. The molecule has 0 heteroatoms. The van der Waals surface area contributed by atoms with Crippen molar-refractivity contribution in [2.24, 2.45) is 0 Å². The average Bonchev–Trinajstić information content (AvgIpc) is 2.40. The number of hydrogen-bond acceptors (Lipinski definition) is 0. The Bertz CT molecular complexity index is 575. The third kappa shape index (κ3) is 2.53. The molecule has 18 heavy (non-hydrogen) atoms. The van der Waals surface area contributed by atoms with Crippen molar-refractivity contribution in [1.82, 2.24) is 0 Å². The molecule has 2 aromatic carbocycles. The summed E-state index contributed by atoms with van der Waals surface area (Å²) < 4.78 is 0. The SMILES string of the molecule is Cc1cc(/C=C\c2ccccc2)c(C)c(C)c1C. The van der Waals surface area contributed by atoms with Crippen LogP contribution in [0.2, 0.25) is 0 Å². The van der Waals surface area contributed by atoms with Gasteiger partial charge in [-0.1, -0.05) is 48.6 Å². The molecule has 0 radical (unpaired) electrons. The van der Waals surface area contributed by atoms with Crippen LogP contribution in [-0.2, 0) is 0 Å². The summed E-state index contributed by atoms with van der Waals surface area (Å²) in [7, 11) is 0. The lowest BCUT2D eigenvalue weighted by atomic mass is 9.94. The van der Waals surface area contributed by atoms with Crippen LogP contribution < -0.4 is 0 Å². The van der Waals surface area contributed by atoms with Crippen LogP contribution >= 0.6 is 0 Å². The van der Waals surface area contributed by atoms with E-state index >= 15 is 0 Å². The van der Waals surface area contributed by atoms with Gasteiger partial charge in [0.25, 0.3) is 0 Å². The lowest BCUT2D eigenvalue weighted by Gasteiger charge is -2.11. The standard InChI is InChI=1S/C18H20/c1-13-12-18(16(4)15(3)14(13)2)11-10-17-8-6-5-7-9-17/h5-12H,1-4H3/b11-10-. The Morgan fingerprint density at radius 1 is 0.722 bits per heavy atom. The first kappa shape index (κ1) is 12.6. The van der Waals surface area contributed by atoms with Crippen LogP contribution in [0.15, 0.2) is 36.4 Å². The summed E-state index contributed by atoms with van der Waals surface area (Å²) in [6, 6.07) is 12.7. The summed E-state index contributed by atoms with van der Waals surface area (Å²) in [6.45, 7) is 8.79. The number of aryl methyl sites for hydroxylation is 1. The molecule has 0 saturated heterocycles. The van der Waals surface area contributed by atoms with E-state index in [0.717, 1.165) is 0 Å². The zero-order chi connectivity index (χ0) is 13.1. The molecule has 92 valence electrons. The van der Waals surface area contributed by atoms with Gasteiger partial charge >= 0.3 is 0 Å². The Kier molecular flexibility index (Phi) is 3.66. The average molecular weight is 236 g/mol. The maximum Gasteiger partial charge on any atom is -0.0222 e. The molecule has 0 saturated carbocycles. The van der Waals surface area contributed by atoms with Gasteiger partial charge in [0.1, 0.15) is 0 Å². The van der Waals surface area contributed by atoms with Crippen molar-refractivity contribution in [1.29, 1.82) is 0 Å². The lowest BCUT2D eigenvalue weighted by Crippen LogP contribution is -1.93. The Morgan fingerprint density at radius 2 is 1.39 bits per heavy atom. The second kappa shape index (κ2) is 5.22. The zero-order valence-corrected chi connectivity index (χ0v) is 11.6. The summed E-state index contributed by atoms with van der Waals surface area (Å²) >= 11 is 0. The van der Waals surface area contributed by atoms with Gasteiger partial charge in [-0.05, 0) is 61.1 Å². The largest absolute Gasteiger partial charge is 0.0622 e. The molecule has 0 spiro atoms. The number of rotatable bonds is 2. The fourth-order valence-corrected chi connectivity index (χ4v) is 2.17.